The highest BCUT2D eigenvalue weighted by molar-refractivity contribution is 7.98. The summed E-state index contributed by atoms with van der Waals surface area (Å²) in [5.74, 6) is 0. The molecular formula is C9H8N2OS. The Hall–Kier alpha value is -1.29. The van der Waals surface area contributed by atoms with Gasteiger partial charge in [-0.3, -0.25) is 9.78 Å². The fourth-order valence-electron chi connectivity index (χ4n) is 1.16. The van der Waals surface area contributed by atoms with E-state index in [2.05, 4.69) is 9.97 Å². The number of pyridine rings is 2. The second-order valence-electron chi connectivity index (χ2n) is 2.60. The van der Waals surface area contributed by atoms with Crippen molar-refractivity contribution in [3.05, 3.63) is 34.7 Å². The van der Waals surface area contributed by atoms with Gasteiger partial charge in [-0.15, -0.1) is 11.8 Å². The molecule has 3 nitrogen and oxygen atoms in total. The number of rotatable bonds is 1. The lowest BCUT2D eigenvalue weighted by molar-refractivity contribution is 1.18. The zero-order valence-electron chi connectivity index (χ0n) is 7.07. The second kappa shape index (κ2) is 3.22. The summed E-state index contributed by atoms with van der Waals surface area (Å²) >= 11 is 1.43. The van der Waals surface area contributed by atoms with Crippen molar-refractivity contribution in [1.29, 1.82) is 0 Å². The van der Waals surface area contributed by atoms with Crippen LogP contribution in [-0.4, -0.2) is 16.2 Å². The Morgan fingerprint density at radius 1 is 1.54 bits per heavy atom. The first kappa shape index (κ1) is 8.31. The molecule has 0 fully saturated rings. The van der Waals surface area contributed by atoms with E-state index in [4.69, 9.17) is 0 Å². The molecule has 2 aromatic heterocycles. The lowest BCUT2D eigenvalue weighted by Crippen LogP contribution is -2.07. The van der Waals surface area contributed by atoms with Gasteiger partial charge in [-0.2, -0.15) is 0 Å². The maximum Gasteiger partial charge on any atom is 0.262 e. The molecule has 2 heterocycles. The third kappa shape index (κ3) is 1.45. The van der Waals surface area contributed by atoms with Crippen molar-refractivity contribution in [2.75, 3.05) is 6.26 Å². The van der Waals surface area contributed by atoms with Crippen LogP contribution in [0.1, 0.15) is 0 Å². The number of aromatic amines is 1. The third-order valence-corrected chi connectivity index (χ3v) is 2.54. The van der Waals surface area contributed by atoms with E-state index in [9.17, 15) is 4.79 Å². The van der Waals surface area contributed by atoms with Crippen molar-refractivity contribution < 1.29 is 0 Å². The van der Waals surface area contributed by atoms with E-state index in [1.165, 1.54) is 11.8 Å². The summed E-state index contributed by atoms with van der Waals surface area (Å²) < 4.78 is 0. The van der Waals surface area contributed by atoms with Crippen LogP contribution in [0.4, 0.5) is 0 Å². The summed E-state index contributed by atoms with van der Waals surface area (Å²) in [6.45, 7) is 0. The van der Waals surface area contributed by atoms with Crippen molar-refractivity contribution >= 4 is 22.8 Å². The fourth-order valence-corrected chi connectivity index (χ4v) is 1.63. The molecule has 0 radical (unpaired) electrons. The SMILES string of the molecule is CSc1cc2ncccc2[nH]c1=O. The average Bonchev–Trinajstić information content (AvgIpc) is 2.17. The van der Waals surface area contributed by atoms with E-state index in [1.54, 1.807) is 18.3 Å². The van der Waals surface area contributed by atoms with Crippen LogP contribution in [-0.2, 0) is 0 Å². The van der Waals surface area contributed by atoms with Crippen LogP contribution in [0.15, 0.2) is 34.1 Å². The molecular weight excluding hydrogens is 184 g/mol. The Morgan fingerprint density at radius 3 is 3.15 bits per heavy atom. The highest BCUT2D eigenvalue weighted by Gasteiger charge is 2.00. The van der Waals surface area contributed by atoms with E-state index < -0.39 is 0 Å². The maximum atomic E-state index is 11.4. The molecule has 0 atom stereocenters. The minimum Gasteiger partial charge on any atom is -0.320 e. The van der Waals surface area contributed by atoms with Crippen molar-refractivity contribution in [1.82, 2.24) is 9.97 Å². The first-order valence-electron chi connectivity index (χ1n) is 3.83. The largest absolute Gasteiger partial charge is 0.320 e. The predicted molar refractivity (Wildman–Crippen MR) is 54.1 cm³/mol. The molecule has 66 valence electrons. The van der Waals surface area contributed by atoms with Gasteiger partial charge in [0.05, 0.1) is 15.9 Å². The molecule has 0 unspecified atom stereocenters. The van der Waals surface area contributed by atoms with Crippen LogP contribution in [0, 0.1) is 0 Å². The summed E-state index contributed by atoms with van der Waals surface area (Å²) in [5.41, 5.74) is 1.56. The lowest BCUT2D eigenvalue weighted by atomic mass is 10.3. The molecule has 0 amide bonds. The maximum absolute atomic E-state index is 11.4. The van der Waals surface area contributed by atoms with E-state index in [0.717, 1.165) is 11.0 Å². The van der Waals surface area contributed by atoms with Crippen molar-refractivity contribution in [3.8, 4) is 0 Å². The van der Waals surface area contributed by atoms with Gasteiger partial charge in [0.2, 0.25) is 0 Å². The van der Waals surface area contributed by atoms with Crippen LogP contribution in [0.25, 0.3) is 11.0 Å². The molecule has 0 aliphatic carbocycles. The molecule has 0 saturated carbocycles. The number of hydrogen-bond donors (Lipinski definition) is 1. The quantitative estimate of drug-likeness (QED) is 0.699. The zero-order chi connectivity index (χ0) is 9.26. The molecule has 2 aromatic rings. The minimum absolute atomic E-state index is 0.0481. The molecule has 0 aliphatic heterocycles. The lowest BCUT2D eigenvalue weighted by Gasteiger charge is -1.98. The average molecular weight is 192 g/mol. The number of hydrogen-bond acceptors (Lipinski definition) is 3. The monoisotopic (exact) mass is 192 g/mol. The fraction of sp³-hybridized carbons (Fsp3) is 0.111. The second-order valence-corrected chi connectivity index (χ2v) is 3.45. The molecule has 0 aromatic carbocycles. The normalized spacial score (nSPS) is 10.5. The van der Waals surface area contributed by atoms with Crippen LogP contribution in [0.2, 0.25) is 0 Å². The van der Waals surface area contributed by atoms with E-state index in [-0.39, 0.29) is 5.56 Å². The van der Waals surface area contributed by atoms with Crippen molar-refractivity contribution in [2.24, 2.45) is 0 Å². The van der Waals surface area contributed by atoms with Gasteiger partial charge in [-0.05, 0) is 24.5 Å². The number of thioether (sulfide) groups is 1. The molecule has 0 aliphatic rings. The van der Waals surface area contributed by atoms with Gasteiger partial charge < -0.3 is 4.98 Å². The first-order chi connectivity index (χ1) is 6.31. The van der Waals surface area contributed by atoms with Gasteiger partial charge in [0.1, 0.15) is 0 Å². The van der Waals surface area contributed by atoms with Crippen LogP contribution in [0.3, 0.4) is 0 Å². The Kier molecular flexibility index (Phi) is 2.06. The van der Waals surface area contributed by atoms with Crippen molar-refractivity contribution in [2.45, 2.75) is 4.90 Å². The highest BCUT2D eigenvalue weighted by Crippen LogP contribution is 2.13. The smallest absolute Gasteiger partial charge is 0.262 e. The van der Waals surface area contributed by atoms with Gasteiger partial charge in [0.25, 0.3) is 5.56 Å². The number of nitrogens with one attached hydrogen (secondary N) is 1. The minimum atomic E-state index is -0.0481. The number of aromatic nitrogens is 2. The Bertz CT molecular complexity index is 492. The molecule has 13 heavy (non-hydrogen) atoms. The van der Waals surface area contributed by atoms with Gasteiger partial charge >= 0.3 is 0 Å². The Morgan fingerprint density at radius 2 is 2.38 bits per heavy atom. The van der Waals surface area contributed by atoms with Gasteiger partial charge in [0, 0.05) is 6.20 Å². The van der Waals surface area contributed by atoms with E-state index >= 15 is 0 Å². The highest BCUT2D eigenvalue weighted by atomic mass is 32.2. The topological polar surface area (TPSA) is 45.8 Å². The van der Waals surface area contributed by atoms with Crippen LogP contribution < -0.4 is 5.56 Å². The predicted octanol–water partition coefficient (Wildman–Crippen LogP) is 1.64. The number of H-pyrrole nitrogens is 1. The standard InChI is InChI=1S/C9H8N2OS/c1-13-8-5-7-6(11-9(8)12)3-2-4-10-7/h2-5H,1H3,(H,11,12). The summed E-state index contributed by atoms with van der Waals surface area (Å²) in [6.07, 6.45) is 3.59. The summed E-state index contributed by atoms with van der Waals surface area (Å²) in [5, 5.41) is 0. The summed E-state index contributed by atoms with van der Waals surface area (Å²) in [4.78, 5) is 19.0. The van der Waals surface area contributed by atoms with E-state index in [0.29, 0.717) is 4.90 Å². The van der Waals surface area contributed by atoms with Gasteiger partial charge in [-0.25, -0.2) is 0 Å². The number of fused-ring (bicyclic) bond motifs is 1. The molecule has 1 N–H and O–H groups in total. The number of nitrogens with zero attached hydrogens (tertiary/aromatic N) is 1. The van der Waals surface area contributed by atoms with Crippen LogP contribution >= 0.6 is 11.8 Å². The summed E-state index contributed by atoms with van der Waals surface area (Å²) in [6, 6.07) is 5.45. The molecule has 4 heteroatoms. The Balaban J connectivity index is 2.81. The Labute approximate surface area is 79.2 Å². The molecule has 0 bridgehead atoms. The van der Waals surface area contributed by atoms with Crippen molar-refractivity contribution in [3.63, 3.8) is 0 Å². The molecule has 0 spiro atoms. The van der Waals surface area contributed by atoms with E-state index in [1.807, 2.05) is 12.3 Å². The summed E-state index contributed by atoms with van der Waals surface area (Å²) in [7, 11) is 0. The zero-order valence-corrected chi connectivity index (χ0v) is 7.89. The van der Waals surface area contributed by atoms with Gasteiger partial charge in [-0.1, -0.05) is 0 Å². The van der Waals surface area contributed by atoms with Gasteiger partial charge in [0.15, 0.2) is 0 Å². The van der Waals surface area contributed by atoms with Crippen LogP contribution in [0.5, 0.6) is 0 Å². The molecule has 0 saturated heterocycles. The molecule has 2 rings (SSSR count). The first-order valence-corrected chi connectivity index (χ1v) is 5.06. The third-order valence-electron chi connectivity index (χ3n) is 1.80.